The van der Waals surface area contributed by atoms with Crippen molar-refractivity contribution in [3.8, 4) is 33.6 Å². The lowest BCUT2D eigenvalue weighted by molar-refractivity contribution is -0.137. The smallest absolute Gasteiger partial charge is 0.407 e. The zero-order valence-electron chi connectivity index (χ0n) is 36.1. The van der Waals surface area contributed by atoms with Gasteiger partial charge in [0, 0.05) is 46.1 Å². The van der Waals surface area contributed by atoms with Gasteiger partial charge in [0.25, 0.3) is 0 Å². The standard InChI is InChI=1S/C46H56N8O8/c1-27(53(3)43(55)39(51-45(57)59-5)31-15-19-61-20-16-31)41-47-25-37(49-41)30-9-7-29(8-10-30)33-11-12-35-24-36(14-13-34(35)23-33)38-26-48-42(50-38)28(2)54(4)44(56)40(52-46(58)60-6)32-17-21-62-22-18-32/h7-14,23-28,31-32,39-40H,15-22H2,1-6H3,(H,47,49)(H,48,50)(H,51,57)(H,52,58)/t27-,28-,39-,40-/m0/s1. The molecule has 2 saturated heterocycles. The molecular formula is C46H56N8O8. The average Bonchev–Trinajstić information content (AvgIpc) is 4.03. The summed E-state index contributed by atoms with van der Waals surface area (Å²) in [6.45, 7) is 5.97. The van der Waals surface area contributed by atoms with Gasteiger partial charge >= 0.3 is 12.2 Å². The second-order valence-electron chi connectivity index (χ2n) is 16.1. The third kappa shape index (κ3) is 9.76. The predicted molar refractivity (Wildman–Crippen MR) is 233 cm³/mol. The minimum absolute atomic E-state index is 0.0589. The molecule has 328 valence electrons. The highest BCUT2D eigenvalue weighted by molar-refractivity contribution is 5.91. The summed E-state index contributed by atoms with van der Waals surface area (Å²) < 4.78 is 20.6. The Hall–Kier alpha value is -6.26. The van der Waals surface area contributed by atoms with Gasteiger partial charge in [-0.25, -0.2) is 19.6 Å². The third-order valence-corrected chi connectivity index (χ3v) is 12.4. The number of fused-ring (bicyclic) bond motifs is 1. The van der Waals surface area contributed by atoms with Gasteiger partial charge < -0.3 is 49.3 Å². The molecule has 2 aromatic heterocycles. The summed E-state index contributed by atoms with van der Waals surface area (Å²) in [5, 5.41) is 7.65. The van der Waals surface area contributed by atoms with Gasteiger partial charge in [-0.15, -0.1) is 0 Å². The number of likely N-dealkylation sites (N-methyl/N-ethyl adjacent to an activating group) is 2. The Kier molecular flexibility index (Phi) is 13.9. The zero-order chi connectivity index (χ0) is 43.9. The molecule has 4 atom stereocenters. The lowest BCUT2D eigenvalue weighted by Gasteiger charge is -2.34. The number of amides is 4. The van der Waals surface area contributed by atoms with E-state index in [0.717, 1.165) is 44.4 Å². The second-order valence-corrected chi connectivity index (χ2v) is 16.1. The van der Waals surface area contributed by atoms with Crippen molar-refractivity contribution >= 4 is 34.8 Å². The van der Waals surface area contributed by atoms with Crippen molar-refractivity contribution in [2.45, 2.75) is 63.7 Å². The van der Waals surface area contributed by atoms with Gasteiger partial charge in [-0.2, -0.15) is 0 Å². The average molecular weight is 849 g/mol. The van der Waals surface area contributed by atoms with Gasteiger partial charge in [-0.1, -0.05) is 48.5 Å². The number of nitrogens with zero attached hydrogens (tertiary/aromatic N) is 4. The van der Waals surface area contributed by atoms with E-state index in [0.29, 0.717) is 63.8 Å². The maximum Gasteiger partial charge on any atom is 0.407 e. The van der Waals surface area contributed by atoms with Crippen molar-refractivity contribution in [1.82, 2.24) is 40.4 Å². The van der Waals surface area contributed by atoms with Gasteiger partial charge in [0.2, 0.25) is 11.8 Å². The van der Waals surface area contributed by atoms with Crippen LogP contribution in [0.4, 0.5) is 9.59 Å². The Morgan fingerprint density at radius 2 is 1.00 bits per heavy atom. The van der Waals surface area contributed by atoms with E-state index >= 15 is 0 Å². The van der Waals surface area contributed by atoms with Gasteiger partial charge in [-0.05, 0) is 91.0 Å². The normalized spacial score (nSPS) is 16.7. The van der Waals surface area contributed by atoms with E-state index in [1.807, 2.05) is 26.0 Å². The zero-order valence-corrected chi connectivity index (χ0v) is 36.1. The molecule has 4 N–H and O–H groups in total. The van der Waals surface area contributed by atoms with Crippen molar-refractivity contribution in [3.63, 3.8) is 0 Å². The number of nitrogens with one attached hydrogen (secondary N) is 4. The maximum atomic E-state index is 13.7. The van der Waals surface area contributed by atoms with E-state index in [1.54, 1.807) is 36.3 Å². The largest absolute Gasteiger partial charge is 0.453 e. The molecule has 4 heterocycles. The molecule has 4 amide bonds. The Morgan fingerprint density at radius 3 is 1.45 bits per heavy atom. The second kappa shape index (κ2) is 19.6. The summed E-state index contributed by atoms with van der Waals surface area (Å²) in [6.07, 6.45) is 4.93. The summed E-state index contributed by atoms with van der Waals surface area (Å²) >= 11 is 0. The quantitative estimate of drug-likeness (QED) is 0.100. The predicted octanol–water partition coefficient (Wildman–Crippen LogP) is 6.63. The van der Waals surface area contributed by atoms with Crippen LogP contribution in [-0.2, 0) is 28.5 Å². The number of imidazole rings is 2. The number of rotatable bonds is 13. The number of benzene rings is 3. The number of aromatic amines is 2. The number of methoxy groups -OCH3 is 2. The molecule has 2 fully saturated rings. The molecular weight excluding hydrogens is 793 g/mol. The van der Waals surface area contributed by atoms with Crippen molar-refractivity contribution in [2.75, 3.05) is 54.7 Å². The van der Waals surface area contributed by atoms with Crippen molar-refractivity contribution in [1.29, 1.82) is 0 Å². The number of H-pyrrole nitrogens is 2. The first-order valence-corrected chi connectivity index (χ1v) is 21.1. The SMILES string of the molecule is COC(=O)N[C@H](C(=O)N(C)[C@@H](C)c1ncc(-c2ccc(-c3ccc4cc(-c5cnc([C@H](C)N(C)C(=O)[C@@H](NC(=O)OC)C6CCOCC6)[nH]5)ccc4c3)cc2)[nH]1)C1CCOCC1. The van der Waals surface area contributed by atoms with Crippen LogP contribution in [0.5, 0.6) is 0 Å². The van der Waals surface area contributed by atoms with Crippen LogP contribution in [0.15, 0.2) is 73.1 Å². The highest BCUT2D eigenvalue weighted by Crippen LogP contribution is 2.32. The number of hydrogen-bond acceptors (Lipinski definition) is 10. The number of carbonyl (C=O) groups is 4. The lowest BCUT2D eigenvalue weighted by Crippen LogP contribution is -2.52. The maximum absolute atomic E-state index is 13.7. The Labute approximate surface area is 361 Å². The number of ether oxygens (including phenoxy) is 4. The van der Waals surface area contributed by atoms with Crippen molar-refractivity contribution in [3.05, 3.63) is 84.7 Å². The fourth-order valence-electron chi connectivity index (χ4n) is 8.25. The molecule has 0 saturated carbocycles. The lowest BCUT2D eigenvalue weighted by atomic mass is 9.90. The molecule has 0 bridgehead atoms. The molecule has 0 aliphatic carbocycles. The number of hydrogen-bond donors (Lipinski definition) is 4. The minimum Gasteiger partial charge on any atom is -0.453 e. The number of aromatic nitrogens is 4. The van der Waals surface area contributed by atoms with Gasteiger partial charge in [0.05, 0.1) is 50.1 Å². The molecule has 16 heteroatoms. The van der Waals surface area contributed by atoms with E-state index in [1.165, 1.54) is 14.2 Å². The first kappa shape index (κ1) is 43.8. The molecule has 2 aliphatic heterocycles. The molecule has 3 aromatic carbocycles. The Bertz CT molecular complexity index is 2350. The fourth-order valence-corrected chi connectivity index (χ4v) is 8.25. The molecule has 0 radical (unpaired) electrons. The van der Waals surface area contributed by atoms with E-state index in [-0.39, 0.29) is 35.7 Å². The van der Waals surface area contributed by atoms with Crippen LogP contribution in [0, 0.1) is 11.8 Å². The number of alkyl carbamates (subject to hydrolysis) is 2. The van der Waals surface area contributed by atoms with Crippen LogP contribution in [-0.4, -0.2) is 121 Å². The molecule has 7 rings (SSSR count). The Morgan fingerprint density at radius 1 is 0.613 bits per heavy atom. The summed E-state index contributed by atoms with van der Waals surface area (Å²) in [5.41, 5.74) is 5.69. The van der Waals surface area contributed by atoms with E-state index in [2.05, 4.69) is 79.1 Å². The monoisotopic (exact) mass is 848 g/mol. The van der Waals surface area contributed by atoms with Crippen LogP contribution >= 0.6 is 0 Å². The number of carbonyl (C=O) groups excluding carboxylic acids is 4. The summed E-state index contributed by atoms with van der Waals surface area (Å²) in [5.74, 6) is 0.716. The highest BCUT2D eigenvalue weighted by Gasteiger charge is 2.37. The minimum atomic E-state index is -0.732. The summed E-state index contributed by atoms with van der Waals surface area (Å²) in [7, 11) is 6.02. The van der Waals surface area contributed by atoms with Crippen LogP contribution < -0.4 is 10.6 Å². The van der Waals surface area contributed by atoms with Crippen LogP contribution in [0.3, 0.4) is 0 Å². The summed E-state index contributed by atoms with van der Waals surface area (Å²) in [6, 6.07) is 18.6. The molecule has 62 heavy (non-hydrogen) atoms. The van der Waals surface area contributed by atoms with Gasteiger partial charge in [0.15, 0.2) is 0 Å². The van der Waals surface area contributed by atoms with Gasteiger partial charge in [-0.3, -0.25) is 9.59 Å². The van der Waals surface area contributed by atoms with Crippen LogP contribution in [0.1, 0.15) is 63.3 Å². The fraction of sp³-hybridized carbons (Fsp3) is 0.435. The first-order valence-electron chi connectivity index (χ1n) is 21.1. The van der Waals surface area contributed by atoms with Crippen molar-refractivity contribution < 1.29 is 38.1 Å². The molecule has 0 unspecified atom stereocenters. The molecule has 0 spiro atoms. The van der Waals surface area contributed by atoms with E-state index in [9.17, 15) is 19.2 Å². The van der Waals surface area contributed by atoms with E-state index < -0.39 is 24.3 Å². The molecule has 16 nitrogen and oxygen atoms in total. The third-order valence-electron chi connectivity index (χ3n) is 12.4. The molecule has 5 aromatic rings. The summed E-state index contributed by atoms with van der Waals surface area (Å²) in [4.78, 5) is 71.1. The van der Waals surface area contributed by atoms with Crippen LogP contribution in [0.2, 0.25) is 0 Å². The van der Waals surface area contributed by atoms with Crippen LogP contribution in [0.25, 0.3) is 44.4 Å². The topological polar surface area (TPSA) is 193 Å². The van der Waals surface area contributed by atoms with Crippen molar-refractivity contribution in [2.24, 2.45) is 11.8 Å². The van der Waals surface area contributed by atoms with E-state index in [4.69, 9.17) is 18.9 Å². The highest BCUT2D eigenvalue weighted by atomic mass is 16.5. The van der Waals surface area contributed by atoms with Gasteiger partial charge in [0.1, 0.15) is 23.7 Å². The first-order chi connectivity index (χ1) is 29.9. The Balaban J connectivity index is 0.998. The molecule has 2 aliphatic rings.